The fourth-order valence-electron chi connectivity index (χ4n) is 3.22. The number of aliphatic hydroxyl groups excluding tert-OH is 1. The first-order valence-electron chi connectivity index (χ1n) is 8.44. The van der Waals surface area contributed by atoms with Crippen LogP contribution in [0.1, 0.15) is 30.4 Å². The molecule has 0 amide bonds. The minimum atomic E-state index is -0.595. The van der Waals surface area contributed by atoms with Gasteiger partial charge >= 0.3 is 0 Å². The number of aliphatic imine (C=N–C) groups is 1. The maximum atomic E-state index is 10.3. The molecule has 0 radical (unpaired) electrons. The smallest absolute Gasteiger partial charge is 0.193 e. The van der Waals surface area contributed by atoms with Crippen LogP contribution in [0.4, 0.5) is 0 Å². The standard InChI is InChI=1S/C17H24ClN5OS.HI/c1-12-5-7-22(10-13(12)23-8-6-20-11-23)17(19-2)21-9-14(24)15-3-4-16(18)25-15;/h3-4,6,8,11-14,24H,5,7,9-10H2,1-2H3,(H,19,21);1H. The van der Waals surface area contributed by atoms with Crippen molar-refractivity contribution in [3.63, 3.8) is 0 Å². The third-order valence-corrected chi connectivity index (χ3v) is 6.05. The van der Waals surface area contributed by atoms with Crippen LogP contribution >= 0.6 is 46.9 Å². The van der Waals surface area contributed by atoms with E-state index in [0.717, 1.165) is 30.3 Å². The van der Waals surface area contributed by atoms with Gasteiger partial charge < -0.3 is 19.9 Å². The lowest BCUT2D eigenvalue weighted by Crippen LogP contribution is -2.49. The SMILES string of the molecule is CN=C(NCC(O)c1ccc(Cl)s1)N1CCC(C)C(n2ccnc2)C1.I. The molecule has 1 fully saturated rings. The van der Waals surface area contributed by atoms with Crippen LogP contribution in [0.3, 0.4) is 0 Å². The summed E-state index contributed by atoms with van der Waals surface area (Å²) >= 11 is 7.34. The van der Waals surface area contributed by atoms with E-state index < -0.39 is 6.10 Å². The average molecular weight is 510 g/mol. The third kappa shape index (κ3) is 5.11. The number of imidazole rings is 1. The van der Waals surface area contributed by atoms with Crippen molar-refractivity contribution in [2.75, 3.05) is 26.7 Å². The van der Waals surface area contributed by atoms with Gasteiger partial charge in [-0.25, -0.2) is 4.98 Å². The molecule has 1 aliphatic heterocycles. The Labute approximate surface area is 180 Å². The van der Waals surface area contributed by atoms with E-state index in [4.69, 9.17) is 11.6 Å². The Morgan fingerprint density at radius 1 is 1.54 bits per heavy atom. The van der Waals surface area contributed by atoms with Gasteiger partial charge in [-0.2, -0.15) is 0 Å². The zero-order chi connectivity index (χ0) is 17.8. The lowest BCUT2D eigenvalue weighted by molar-refractivity contribution is 0.172. The molecule has 0 spiro atoms. The molecule has 2 aromatic rings. The number of rotatable bonds is 4. The number of hydrogen-bond acceptors (Lipinski definition) is 4. The molecule has 2 aromatic heterocycles. The zero-order valence-electron chi connectivity index (χ0n) is 14.9. The molecule has 3 atom stereocenters. The van der Waals surface area contributed by atoms with Crippen LogP contribution in [0.5, 0.6) is 0 Å². The number of nitrogens with zero attached hydrogens (tertiary/aromatic N) is 4. The van der Waals surface area contributed by atoms with Gasteiger partial charge in [-0.15, -0.1) is 35.3 Å². The van der Waals surface area contributed by atoms with Crippen molar-refractivity contribution in [1.82, 2.24) is 19.8 Å². The van der Waals surface area contributed by atoms with E-state index in [-0.39, 0.29) is 24.0 Å². The topological polar surface area (TPSA) is 65.7 Å². The number of piperidine rings is 1. The molecule has 1 aliphatic rings. The first-order valence-corrected chi connectivity index (χ1v) is 9.64. The summed E-state index contributed by atoms with van der Waals surface area (Å²) in [6.07, 6.45) is 6.21. The number of nitrogens with one attached hydrogen (secondary N) is 1. The second-order valence-electron chi connectivity index (χ2n) is 6.38. The molecule has 0 aromatic carbocycles. The molecule has 1 saturated heterocycles. The summed E-state index contributed by atoms with van der Waals surface area (Å²) in [5.41, 5.74) is 0. The maximum absolute atomic E-state index is 10.3. The highest BCUT2D eigenvalue weighted by molar-refractivity contribution is 14.0. The van der Waals surface area contributed by atoms with Crippen molar-refractivity contribution in [2.24, 2.45) is 10.9 Å². The predicted octanol–water partition coefficient (Wildman–Crippen LogP) is 3.41. The van der Waals surface area contributed by atoms with Crippen LogP contribution in [0.2, 0.25) is 4.34 Å². The number of likely N-dealkylation sites (tertiary alicyclic amines) is 1. The Hall–Kier alpha value is -0.840. The van der Waals surface area contributed by atoms with Crippen molar-refractivity contribution in [2.45, 2.75) is 25.5 Å². The van der Waals surface area contributed by atoms with Gasteiger partial charge in [0, 0.05) is 44.0 Å². The van der Waals surface area contributed by atoms with Crippen molar-refractivity contribution in [3.05, 3.63) is 40.1 Å². The van der Waals surface area contributed by atoms with Gasteiger partial charge in [-0.05, 0) is 24.5 Å². The molecule has 0 aliphatic carbocycles. The fraction of sp³-hybridized carbons (Fsp3) is 0.529. The molecule has 144 valence electrons. The minimum Gasteiger partial charge on any atom is -0.386 e. The normalized spacial score (nSPS) is 22.0. The number of thiophene rings is 1. The highest BCUT2D eigenvalue weighted by Crippen LogP contribution is 2.28. The molecule has 26 heavy (non-hydrogen) atoms. The van der Waals surface area contributed by atoms with Gasteiger partial charge in [0.05, 0.1) is 16.7 Å². The largest absolute Gasteiger partial charge is 0.386 e. The van der Waals surface area contributed by atoms with Crippen molar-refractivity contribution >= 4 is 52.9 Å². The number of hydrogen-bond donors (Lipinski definition) is 2. The monoisotopic (exact) mass is 509 g/mol. The van der Waals surface area contributed by atoms with E-state index in [1.54, 1.807) is 13.1 Å². The van der Waals surface area contributed by atoms with Gasteiger partial charge in [0.2, 0.25) is 0 Å². The molecule has 2 N–H and O–H groups in total. The molecule has 0 saturated carbocycles. The van der Waals surface area contributed by atoms with E-state index in [1.165, 1.54) is 11.3 Å². The van der Waals surface area contributed by atoms with E-state index in [9.17, 15) is 5.11 Å². The molecule has 0 bridgehead atoms. The van der Waals surface area contributed by atoms with Crippen LogP contribution in [-0.4, -0.2) is 52.2 Å². The zero-order valence-corrected chi connectivity index (χ0v) is 18.8. The van der Waals surface area contributed by atoms with E-state index in [1.807, 2.05) is 24.8 Å². The molecular formula is C17H25ClIN5OS. The summed E-state index contributed by atoms with van der Waals surface area (Å²) in [5.74, 6) is 1.40. The Morgan fingerprint density at radius 3 is 2.96 bits per heavy atom. The molecule has 3 heterocycles. The summed E-state index contributed by atoms with van der Waals surface area (Å²) in [5, 5.41) is 13.6. The average Bonchev–Trinajstić information content (AvgIpc) is 3.28. The van der Waals surface area contributed by atoms with Gasteiger partial charge in [-0.1, -0.05) is 18.5 Å². The Balaban J connectivity index is 0.00000243. The first kappa shape index (κ1) is 21.5. The molecule has 3 rings (SSSR count). The maximum Gasteiger partial charge on any atom is 0.193 e. The second kappa shape index (κ2) is 9.91. The van der Waals surface area contributed by atoms with Crippen LogP contribution in [0.25, 0.3) is 0 Å². The number of aromatic nitrogens is 2. The number of aliphatic hydroxyl groups is 1. The Bertz CT molecular complexity index is 708. The van der Waals surface area contributed by atoms with Gasteiger partial charge in [0.25, 0.3) is 0 Å². The van der Waals surface area contributed by atoms with Crippen LogP contribution in [0.15, 0.2) is 35.8 Å². The van der Waals surface area contributed by atoms with Crippen molar-refractivity contribution < 1.29 is 5.11 Å². The number of guanidine groups is 1. The molecule has 6 nitrogen and oxygen atoms in total. The Kier molecular flexibility index (Phi) is 8.18. The second-order valence-corrected chi connectivity index (χ2v) is 8.12. The summed E-state index contributed by atoms with van der Waals surface area (Å²) in [6.45, 7) is 4.51. The van der Waals surface area contributed by atoms with Crippen molar-refractivity contribution in [1.29, 1.82) is 0 Å². The van der Waals surface area contributed by atoms with Crippen molar-refractivity contribution in [3.8, 4) is 0 Å². The number of halogens is 2. The quantitative estimate of drug-likeness (QED) is 0.377. The Morgan fingerprint density at radius 2 is 2.35 bits per heavy atom. The molecule has 3 unspecified atom stereocenters. The summed E-state index contributed by atoms with van der Waals surface area (Å²) in [6, 6.07) is 4.04. The molecule has 9 heteroatoms. The first-order chi connectivity index (χ1) is 12.1. The third-order valence-electron chi connectivity index (χ3n) is 4.71. The van der Waals surface area contributed by atoms with E-state index in [2.05, 4.69) is 31.7 Å². The van der Waals surface area contributed by atoms with Crippen LogP contribution in [-0.2, 0) is 0 Å². The molecular weight excluding hydrogens is 485 g/mol. The highest BCUT2D eigenvalue weighted by atomic mass is 127. The van der Waals surface area contributed by atoms with Crippen LogP contribution < -0.4 is 5.32 Å². The van der Waals surface area contributed by atoms with E-state index >= 15 is 0 Å². The summed E-state index contributed by atoms with van der Waals surface area (Å²) < 4.78 is 2.86. The van der Waals surface area contributed by atoms with Gasteiger partial charge in [0.1, 0.15) is 6.10 Å². The fourth-order valence-corrected chi connectivity index (χ4v) is 4.27. The summed E-state index contributed by atoms with van der Waals surface area (Å²) in [4.78, 5) is 11.7. The van der Waals surface area contributed by atoms with Gasteiger partial charge in [-0.3, -0.25) is 4.99 Å². The van der Waals surface area contributed by atoms with E-state index in [0.29, 0.717) is 22.8 Å². The lowest BCUT2D eigenvalue weighted by Gasteiger charge is -2.39. The highest BCUT2D eigenvalue weighted by Gasteiger charge is 2.29. The van der Waals surface area contributed by atoms with Gasteiger partial charge in [0.15, 0.2) is 5.96 Å². The lowest BCUT2D eigenvalue weighted by atomic mass is 9.93. The predicted molar refractivity (Wildman–Crippen MR) is 118 cm³/mol. The minimum absolute atomic E-state index is 0. The summed E-state index contributed by atoms with van der Waals surface area (Å²) in [7, 11) is 1.78. The van der Waals surface area contributed by atoms with Crippen LogP contribution in [0, 0.1) is 5.92 Å².